The van der Waals surface area contributed by atoms with E-state index in [1.807, 2.05) is 6.92 Å². The van der Waals surface area contributed by atoms with Crippen LogP contribution in [0.4, 0.5) is 4.39 Å². The Kier molecular flexibility index (Phi) is 3.76. The maximum absolute atomic E-state index is 14.5. The zero-order valence-corrected chi connectivity index (χ0v) is 12.8. The van der Waals surface area contributed by atoms with E-state index in [9.17, 15) is 4.39 Å². The summed E-state index contributed by atoms with van der Waals surface area (Å²) in [4.78, 5) is 4.72. The molecular weight excluding hydrogens is 285 g/mol. The van der Waals surface area contributed by atoms with Gasteiger partial charge >= 0.3 is 0 Å². The van der Waals surface area contributed by atoms with E-state index in [1.54, 1.807) is 18.2 Å². The molecule has 0 spiro atoms. The lowest BCUT2D eigenvalue weighted by molar-refractivity contribution is 0.580. The van der Waals surface area contributed by atoms with E-state index >= 15 is 0 Å². The molecule has 0 aliphatic heterocycles. The minimum atomic E-state index is -0.317. The Labute approximate surface area is 129 Å². The number of hydrogen-bond acceptors (Lipinski definition) is 2. The number of aromatic nitrogens is 2. The molecule has 1 heterocycles. The van der Waals surface area contributed by atoms with Gasteiger partial charge in [0, 0.05) is 16.8 Å². The van der Waals surface area contributed by atoms with Crippen LogP contribution in [0.5, 0.6) is 0 Å². The maximum Gasteiger partial charge on any atom is 0.138 e. The molecule has 0 atom stereocenters. The highest BCUT2D eigenvalue weighted by Crippen LogP contribution is 2.24. The second-order valence-electron chi connectivity index (χ2n) is 5.49. The fourth-order valence-electron chi connectivity index (χ4n) is 3.01. The summed E-state index contributed by atoms with van der Waals surface area (Å²) in [5, 5.41) is 0. The molecular formula is C16H18FN3S. The summed E-state index contributed by atoms with van der Waals surface area (Å²) in [7, 11) is 0. The van der Waals surface area contributed by atoms with Crippen molar-refractivity contribution in [3.8, 4) is 0 Å². The van der Waals surface area contributed by atoms with Crippen LogP contribution in [0.15, 0.2) is 18.2 Å². The number of aryl methyl sites for hydroxylation is 2. The lowest BCUT2D eigenvalue weighted by atomic mass is 10.0. The van der Waals surface area contributed by atoms with Gasteiger partial charge in [-0.05, 0) is 38.7 Å². The van der Waals surface area contributed by atoms with Crippen molar-refractivity contribution in [2.75, 3.05) is 0 Å². The molecule has 2 aromatic rings. The zero-order valence-electron chi connectivity index (χ0n) is 12.0. The summed E-state index contributed by atoms with van der Waals surface area (Å²) in [6, 6.07) is 5.20. The predicted octanol–water partition coefficient (Wildman–Crippen LogP) is 2.89. The van der Waals surface area contributed by atoms with Gasteiger partial charge in [0.1, 0.15) is 16.6 Å². The number of nitrogens with two attached hydrogens (primary N) is 1. The minimum absolute atomic E-state index is 0.0960. The van der Waals surface area contributed by atoms with E-state index in [-0.39, 0.29) is 10.8 Å². The number of rotatable bonds is 3. The van der Waals surface area contributed by atoms with Gasteiger partial charge in [0.05, 0.1) is 12.2 Å². The second kappa shape index (κ2) is 5.56. The molecule has 3 rings (SSSR count). The van der Waals surface area contributed by atoms with Gasteiger partial charge in [-0.3, -0.25) is 0 Å². The van der Waals surface area contributed by atoms with Crippen LogP contribution in [0.1, 0.15) is 41.2 Å². The zero-order chi connectivity index (χ0) is 15.0. The summed E-state index contributed by atoms with van der Waals surface area (Å²) in [6.07, 6.45) is 4.41. The highest BCUT2D eigenvalue weighted by molar-refractivity contribution is 7.80. The van der Waals surface area contributed by atoms with Crippen molar-refractivity contribution in [3.63, 3.8) is 0 Å². The Bertz CT molecular complexity index is 706. The molecule has 1 aliphatic carbocycles. The molecule has 0 fully saturated rings. The topological polar surface area (TPSA) is 43.8 Å². The van der Waals surface area contributed by atoms with Gasteiger partial charge in [0.25, 0.3) is 0 Å². The first kappa shape index (κ1) is 14.2. The monoisotopic (exact) mass is 303 g/mol. The van der Waals surface area contributed by atoms with Crippen LogP contribution >= 0.6 is 12.2 Å². The SMILES string of the molecule is Cc1nc2c(n1Cc1cccc(C(N)=S)c1F)CCCC2. The smallest absolute Gasteiger partial charge is 0.138 e. The van der Waals surface area contributed by atoms with Crippen molar-refractivity contribution in [1.82, 2.24) is 9.55 Å². The van der Waals surface area contributed by atoms with Gasteiger partial charge in [-0.25, -0.2) is 9.37 Å². The molecule has 2 N–H and O–H groups in total. The van der Waals surface area contributed by atoms with Crippen molar-refractivity contribution >= 4 is 17.2 Å². The van der Waals surface area contributed by atoms with E-state index in [2.05, 4.69) is 9.55 Å². The molecule has 1 aromatic heterocycles. The van der Waals surface area contributed by atoms with Crippen molar-refractivity contribution in [3.05, 3.63) is 52.4 Å². The molecule has 0 bridgehead atoms. The number of thiocarbonyl (C=S) groups is 1. The molecule has 0 saturated heterocycles. The first-order valence-corrected chi connectivity index (χ1v) is 7.61. The normalized spacial score (nSPS) is 14.0. The summed E-state index contributed by atoms with van der Waals surface area (Å²) in [5.74, 6) is 0.629. The largest absolute Gasteiger partial charge is 0.389 e. The number of hydrogen-bond donors (Lipinski definition) is 1. The molecule has 5 heteroatoms. The number of nitrogens with zero attached hydrogens (tertiary/aromatic N) is 2. The first-order chi connectivity index (χ1) is 10.1. The third-order valence-electron chi connectivity index (χ3n) is 4.10. The number of fused-ring (bicyclic) bond motifs is 1. The lowest BCUT2D eigenvalue weighted by Gasteiger charge is -2.16. The molecule has 0 saturated carbocycles. The number of benzene rings is 1. The molecule has 110 valence electrons. The van der Waals surface area contributed by atoms with Crippen LogP contribution < -0.4 is 5.73 Å². The fraction of sp³-hybridized carbons (Fsp3) is 0.375. The molecule has 0 unspecified atom stereocenters. The van der Waals surface area contributed by atoms with Gasteiger partial charge < -0.3 is 10.3 Å². The van der Waals surface area contributed by atoms with Crippen LogP contribution in [0.25, 0.3) is 0 Å². The van der Waals surface area contributed by atoms with Crippen molar-refractivity contribution in [2.45, 2.75) is 39.2 Å². The molecule has 1 aromatic carbocycles. The predicted molar refractivity (Wildman–Crippen MR) is 85.0 cm³/mol. The fourth-order valence-corrected chi connectivity index (χ4v) is 3.17. The Morgan fingerprint density at radius 2 is 2.14 bits per heavy atom. The summed E-state index contributed by atoms with van der Waals surface area (Å²) in [6.45, 7) is 2.46. The highest BCUT2D eigenvalue weighted by Gasteiger charge is 2.19. The summed E-state index contributed by atoms with van der Waals surface area (Å²) >= 11 is 4.90. The van der Waals surface area contributed by atoms with Gasteiger partial charge in [0.2, 0.25) is 0 Å². The third-order valence-corrected chi connectivity index (χ3v) is 4.32. The lowest BCUT2D eigenvalue weighted by Crippen LogP contribution is -2.15. The van der Waals surface area contributed by atoms with Gasteiger partial charge in [-0.1, -0.05) is 24.4 Å². The van der Waals surface area contributed by atoms with Crippen LogP contribution in [-0.4, -0.2) is 14.5 Å². The van der Waals surface area contributed by atoms with Crippen molar-refractivity contribution in [1.29, 1.82) is 0 Å². The second-order valence-corrected chi connectivity index (χ2v) is 5.93. The van der Waals surface area contributed by atoms with Crippen molar-refractivity contribution in [2.24, 2.45) is 5.73 Å². The number of imidazole rings is 1. The van der Waals surface area contributed by atoms with Gasteiger partial charge in [-0.2, -0.15) is 0 Å². The van der Waals surface area contributed by atoms with E-state index < -0.39 is 0 Å². The van der Waals surface area contributed by atoms with Gasteiger partial charge in [0.15, 0.2) is 0 Å². The standard InChI is InChI=1S/C16H18FN3S/c1-10-19-13-7-2-3-8-14(13)20(10)9-11-5-4-6-12(15(11)17)16(18)21/h4-6H,2-3,7-9H2,1H3,(H2,18,21). The molecule has 21 heavy (non-hydrogen) atoms. The van der Waals surface area contributed by atoms with Crippen LogP contribution in [0, 0.1) is 12.7 Å². The molecule has 0 radical (unpaired) electrons. The molecule has 0 amide bonds. The number of halogens is 1. The Balaban J connectivity index is 2.00. The van der Waals surface area contributed by atoms with E-state index in [1.165, 1.54) is 24.2 Å². The summed E-state index contributed by atoms with van der Waals surface area (Å²) in [5.41, 5.74) is 8.91. The Morgan fingerprint density at radius 3 is 2.90 bits per heavy atom. The third kappa shape index (κ3) is 2.58. The van der Waals surface area contributed by atoms with Crippen LogP contribution in [-0.2, 0) is 19.4 Å². The molecule has 3 nitrogen and oxygen atoms in total. The van der Waals surface area contributed by atoms with Crippen LogP contribution in [0.3, 0.4) is 0 Å². The van der Waals surface area contributed by atoms with Crippen molar-refractivity contribution < 1.29 is 4.39 Å². The minimum Gasteiger partial charge on any atom is -0.389 e. The first-order valence-electron chi connectivity index (χ1n) is 7.20. The maximum atomic E-state index is 14.5. The highest BCUT2D eigenvalue weighted by atomic mass is 32.1. The van der Waals surface area contributed by atoms with Crippen LogP contribution in [0.2, 0.25) is 0 Å². The van der Waals surface area contributed by atoms with E-state index in [4.69, 9.17) is 18.0 Å². The van der Waals surface area contributed by atoms with Gasteiger partial charge in [-0.15, -0.1) is 0 Å². The summed E-state index contributed by atoms with van der Waals surface area (Å²) < 4.78 is 16.6. The average molecular weight is 303 g/mol. The van der Waals surface area contributed by atoms with E-state index in [0.29, 0.717) is 17.7 Å². The quantitative estimate of drug-likeness (QED) is 0.887. The van der Waals surface area contributed by atoms with E-state index in [0.717, 1.165) is 18.7 Å². The molecule has 1 aliphatic rings. The Hall–Kier alpha value is -1.75. The Morgan fingerprint density at radius 1 is 1.38 bits per heavy atom. The average Bonchev–Trinajstić information content (AvgIpc) is 2.77.